The van der Waals surface area contributed by atoms with Crippen LogP contribution in [0.15, 0.2) is 35.3 Å². The van der Waals surface area contributed by atoms with Crippen molar-refractivity contribution in [3.05, 3.63) is 35.9 Å². The number of unbranched alkanes of at least 4 members (excludes halogenated alkanes) is 3. The highest BCUT2D eigenvalue weighted by Gasteiger charge is 2.46. The van der Waals surface area contributed by atoms with E-state index in [1.54, 1.807) is 4.90 Å². The maximum absolute atomic E-state index is 13.1. The third-order valence-corrected chi connectivity index (χ3v) is 5.99. The van der Waals surface area contributed by atoms with E-state index in [4.69, 9.17) is 5.73 Å². The van der Waals surface area contributed by atoms with Crippen LogP contribution in [0.2, 0.25) is 0 Å². The maximum Gasteiger partial charge on any atom is 0.257 e. The van der Waals surface area contributed by atoms with Gasteiger partial charge in [-0.1, -0.05) is 69.9 Å². The summed E-state index contributed by atoms with van der Waals surface area (Å²) < 4.78 is 0. The smallest absolute Gasteiger partial charge is 0.257 e. The maximum atomic E-state index is 13.1. The monoisotopic (exact) mass is 413 g/mol. The average Bonchev–Trinajstić information content (AvgIpc) is 2.98. The molecule has 166 valence electrons. The lowest BCUT2D eigenvalue weighted by molar-refractivity contribution is -0.131. The summed E-state index contributed by atoms with van der Waals surface area (Å²) in [6.07, 6.45) is 10.2. The van der Waals surface area contributed by atoms with Gasteiger partial charge in [-0.2, -0.15) is 0 Å². The van der Waals surface area contributed by atoms with Gasteiger partial charge in [0.05, 0.1) is 0 Å². The van der Waals surface area contributed by atoms with E-state index in [9.17, 15) is 9.59 Å². The van der Waals surface area contributed by atoms with Gasteiger partial charge in [0, 0.05) is 19.4 Å². The van der Waals surface area contributed by atoms with Crippen LogP contribution in [0.25, 0.3) is 0 Å². The second-order valence-corrected chi connectivity index (χ2v) is 8.50. The number of hydrogen-bond donors (Lipinski definition) is 1. The minimum absolute atomic E-state index is 0.0658. The molecule has 30 heavy (non-hydrogen) atoms. The van der Waals surface area contributed by atoms with Crippen molar-refractivity contribution >= 4 is 17.6 Å². The highest BCUT2D eigenvalue weighted by Crippen LogP contribution is 2.33. The summed E-state index contributed by atoms with van der Waals surface area (Å²) in [6.45, 7) is 4.83. The highest BCUT2D eigenvalue weighted by molar-refractivity contribution is 6.06. The number of ketones is 1. The zero-order chi connectivity index (χ0) is 21.8. The zero-order valence-electron chi connectivity index (χ0n) is 18.9. The molecule has 0 radical (unpaired) electrons. The fourth-order valence-corrected chi connectivity index (χ4v) is 4.14. The normalized spacial score (nSPS) is 15.5. The summed E-state index contributed by atoms with van der Waals surface area (Å²) in [5.41, 5.74) is 6.77. The molecule has 0 saturated carbocycles. The number of aryl methyl sites for hydroxylation is 1. The first-order valence-corrected chi connectivity index (χ1v) is 11.8. The number of nitrogens with zero attached hydrogens (tertiary/aromatic N) is 2. The number of aliphatic imine (C=N–C) groups is 1. The molecule has 0 atom stereocenters. The molecule has 0 fully saturated rings. The Hall–Kier alpha value is -2.17. The van der Waals surface area contributed by atoms with Gasteiger partial charge in [-0.05, 0) is 44.1 Å². The van der Waals surface area contributed by atoms with Crippen molar-refractivity contribution in [2.24, 2.45) is 10.7 Å². The van der Waals surface area contributed by atoms with Crippen LogP contribution < -0.4 is 5.73 Å². The van der Waals surface area contributed by atoms with Crippen molar-refractivity contribution in [1.29, 1.82) is 0 Å². The summed E-state index contributed by atoms with van der Waals surface area (Å²) >= 11 is 0. The number of amides is 1. The summed E-state index contributed by atoms with van der Waals surface area (Å²) in [5.74, 6) is 0.734. The third-order valence-electron chi connectivity index (χ3n) is 5.99. The van der Waals surface area contributed by atoms with E-state index >= 15 is 0 Å². The van der Waals surface area contributed by atoms with Gasteiger partial charge in [0.1, 0.15) is 11.3 Å². The van der Waals surface area contributed by atoms with Crippen LogP contribution >= 0.6 is 0 Å². The topological polar surface area (TPSA) is 75.8 Å². The third kappa shape index (κ3) is 6.96. The molecule has 0 aromatic heterocycles. The lowest BCUT2D eigenvalue weighted by Crippen LogP contribution is -2.44. The van der Waals surface area contributed by atoms with Gasteiger partial charge in [0.2, 0.25) is 0 Å². The standard InChI is InChI=1S/C25H39N3O2/c1-3-5-18-25(19-6-4-2)23(30)28(24(26)27-25)20-11-10-16-22(29)17-12-15-21-13-8-7-9-14-21/h7-9,13-14H,3-6,10-12,15-20H2,1-2H3,(H2,26,27). The molecule has 1 aliphatic rings. The minimum atomic E-state index is -0.649. The second-order valence-electron chi connectivity index (χ2n) is 8.50. The SMILES string of the molecule is CCCCC1(CCCC)N=C(N)N(CCCCC(=O)CCCc2ccccc2)C1=O. The molecule has 0 unspecified atom stereocenters. The second kappa shape index (κ2) is 12.5. The van der Waals surface area contributed by atoms with E-state index in [1.165, 1.54) is 5.56 Å². The van der Waals surface area contributed by atoms with Crippen molar-refractivity contribution in [3.8, 4) is 0 Å². The fourth-order valence-electron chi connectivity index (χ4n) is 4.14. The van der Waals surface area contributed by atoms with Crippen molar-refractivity contribution in [1.82, 2.24) is 4.90 Å². The molecule has 2 N–H and O–H groups in total. The number of Topliss-reactive ketones (excluding diaryl/α,β-unsaturated/α-hetero) is 1. The molecule has 0 bridgehead atoms. The van der Waals surface area contributed by atoms with E-state index in [0.717, 1.165) is 64.2 Å². The minimum Gasteiger partial charge on any atom is -0.369 e. The predicted molar refractivity (Wildman–Crippen MR) is 123 cm³/mol. The Labute approximate surface area is 182 Å². The Morgan fingerprint density at radius 2 is 1.60 bits per heavy atom. The van der Waals surface area contributed by atoms with E-state index in [2.05, 4.69) is 31.0 Å². The number of benzene rings is 1. The van der Waals surface area contributed by atoms with Crippen molar-refractivity contribution in [2.75, 3.05) is 6.54 Å². The molecule has 0 spiro atoms. The molecule has 2 rings (SSSR count). The predicted octanol–water partition coefficient (Wildman–Crippen LogP) is 5.02. The molecule has 1 heterocycles. The molecule has 1 amide bonds. The van der Waals surface area contributed by atoms with E-state index in [-0.39, 0.29) is 5.91 Å². The quantitative estimate of drug-likeness (QED) is 0.410. The van der Waals surface area contributed by atoms with Gasteiger partial charge in [0.15, 0.2) is 5.96 Å². The summed E-state index contributed by atoms with van der Waals surface area (Å²) in [5, 5.41) is 0. The number of hydrogen-bond acceptors (Lipinski definition) is 4. The Bertz CT molecular complexity index is 692. The van der Waals surface area contributed by atoms with Crippen molar-refractivity contribution in [2.45, 2.75) is 96.4 Å². The highest BCUT2D eigenvalue weighted by atomic mass is 16.2. The summed E-state index contributed by atoms with van der Waals surface area (Å²) in [6, 6.07) is 10.3. The van der Waals surface area contributed by atoms with Crippen LogP contribution in [0.1, 0.15) is 90.0 Å². The number of guanidine groups is 1. The van der Waals surface area contributed by atoms with Crippen LogP contribution in [0, 0.1) is 0 Å². The molecule has 1 aromatic carbocycles. The summed E-state index contributed by atoms with van der Waals surface area (Å²) in [4.78, 5) is 31.6. The number of nitrogens with two attached hydrogens (primary N) is 1. The molecular weight excluding hydrogens is 374 g/mol. The Kier molecular flexibility index (Phi) is 10.0. The van der Waals surface area contributed by atoms with E-state index in [1.807, 2.05) is 18.2 Å². The van der Waals surface area contributed by atoms with Crippen molar-refractivity contribution < 1.29 is 9.59 Å². The van der Waals surface area contributed by atoms with Crippen LogP contribution in [-0.4, -0.2) is 34.6 Å². The Morgan fingerprint density at radius 1 is 0.967 bits per heavy atom. The van der Waals surface area contributed by atoms with Gasteiger partial charge >= 0.3 is 0 Å². The van der Waals surface area contributed by atoms with Crippen LogP contribution in [0.5, 0.6) is 0 Å². The molecule has 1 aromatic rings. The van der Waals surface area contributed by atoms with Crippen LogP contribution in [0.3, 0.4) is 0 Å². The Balaban J connectivity index is 1.72. The first kappa shape index (κ1) is 24.1. The van der Waals surface area contributed by atoms with Crippen molar-refractivity contribution in [3.63, 3.8) is 0 Å². The average molecular weight is 414 g/mol. The first-order valence-electron chi connectivity index (χ1n) is 11.8. The molecule has 0 aliphatic carbocycles. The number of carbonyl (C=O) groups is 2. The van der Waals surface area contributed by atoms with Gasteiger partial charge in [-0.25, -0.2) is 4.99 Å². The van der Waals surface area contributed by atoms with Gasteiger partial charge in [-0.15, -0.1) is 0 Å². The molecule has 5 nitrogen and oxygen atoms in total. The number of carbonyl (C=O) groups excluding carboxylic acids is 2. The van der Waals surface area contributed by atoms with E-state index < -0.39 is 5.54 Å². The largest absolute Gasteiger partial charge is 0.369 e. The zero-order valence-corrected chi connectivity index (χ0v) is 18.9. The Morgan fingerprint density at radius 3 is 2.23 bits per heavy atom. The molecule has 0 saturated heterocycles. The van der Waals surface area contributed by atoms with Gasteiger partial charge in [0.25, 0.3) is 5.91 Å². The van der Waals surface area contributed by atoms with Gasteiger partial charge in [-0.3, -0.25) is 14.5 Å². The molecule has 5 heteroatoms. The molecular formula is C25H39N3O2. The van der Waals surface area contributed by atoms with Gasteiger partial charge < -0.3 is 5.73 Å². The van der Waals surface area contributed by atoms with Crippen LogP contribution in [0.4, 0.5) is 0 Å². The lowest BCUT2D eigenvalue weighted by Gasteiger charge is -2.26. The van der Waals surface area contributed by atoms with E-state index in [0.29, 0.717) is 31.1 Å². The van der Waals surface area contributed by atoms with Crippen LogP contribution in [-0.2, 0) is 16.0 Å². The fraction of sp³-hybridized carbons (Fsp3) is 0.640. The molecule has 1 aliphatic heterocycles. The lowest BCUT2D eigenvalue weighted by atomic mass is 9.87. The number of rotatable bonds is 15. The first-order chi connectivity index (χ1) is 14.5. The summed E-state index contributed by atoms with van der Waals surface area (Å²) in [7, 11) is 0.